The van der Waals surface area contributed by atoms with E-state index in [9.17, 15) is 0 Å². The van der Waals surface area contributed by atoms with Gasteiger partial charge >= 0.3 is 0 Å². The summed E-state index contributed by atoms with van der Waals surface area (Å²) >= 11 is 0. The minimum absolute atomic E-state index is 0.00715. The molecule has 3 nitrogen and oxygen atoms in total. The van der Waals surface area contributed by atoms with E-state index in [1.165, 1.54) is 0 Å². The van der Waals surface area contributed by atoms with Gasteiger partial charge in [0, 0.05) is 5.39 Å². The van der Waals surface area contributed by atoms with Crippen LogP contribution in [0.1, 0.15) is 11.3 Å². The Labute approximate surface area is 94.0 Å². The Morgan fingerprint density at radius 3 is 2.88 bits per heavy atom. The van der Waals surface area contributed by atoms with Gasteiger partial charge in [0.05, 0.1) is 13.7 Å². The van der Waals surface area contributed by atoms with Gasteiger partial charge in [-0.3, -0.25) is 0 Å². The van der Waals surface area contributed by atoms with Crippen molar-refractivity contribution in [1.29, 1.82) is 0 Å². The van der Waals surface area contributed by atoms with Crippen molar-refractivity contribution in [3.05, 3.63) is 35.6 Å². The maximum atomic E-state index is 8.69. The highest BCUT2D eigenvalue weighted by molar-refractivity contribution is 5.86. The summed E-state index contributed by atoms with van der Waals surface area (Å²) in [5.74, 6) is 1.45. The summed E-state index contributed by atoms with van der Waals surface area (Å²) in [4.78, 5) is 0. The maximum Gasteiger partial charge on any atom is 0.176 e. The number of fused-ring (bicyclic) bond motifs is 1. The molecule has 0 amide bonds. The number of hydrogen-bond acceptors (Lipinski definition) is 3. The number of aliphatic hydroxyl groups excluding tert-OH is 1. The maximum absolute atomic E-state index is 8.69. The van der Waals surface area contributed by atoms with Gasteiger partial charge in [0.2, 0.25) is 0 Å². The van der Waals surface area contributed by atoms with Gasteiger partial charge in [-0.25, -0.2) is 0 Å². The van der Waals surface area contributed by atoms with Gasteiger partial charge < -0.3 is 14.3 Å². The van der Waals surface area contributed by atoms with E-state index in [4.69, 9.17) is 14.3 Å². The van der Waals surface area contributed by atoms with E-state index < -0.39 is 0 Å². The first kappa shape index (κ1) is 10.8. The van der Waals surface area contributed by atoms with E-state index in [-0.39, 0.29) is 6.61 Å². The van der Waals surface area contributed by atoms with Crippen LogP contribution in [0.25, 0.3) is 17.0 Å². The van der Waals surface area contributed by atoms with E-state index in [0.717, 1.165) is 22.3 Å². The summed E-state index contributed by atoms with van der Waals surface area (Å²) in [7, 11) is 1.62. The lowest BCUT2D eigenvalue weighted by Gasteiger charge is -2.01. The Kier molecular flexibility index (Phi) is 2.97. The molecule has 1 N–H and O–H groups in total. The average molecular weight is 218 g/mol. The molecule has 1 aromatic heterocycles. The minimum Gasteiger partial charge on any atom is -0.493 e. The van der Waals surface area contributed by atoms with Crippen molar-refractivity contribution in [2.24, 2.45) is 0 Å². The van der Waals surface area contributed by atoms with Crippen molar-refractivity contribution >= 4 is 17.0 Å². The van der Waals surface area contributed by atoms with E-state index in [1.807, 2.05) is 25.1 Å². The molecule has 84 valence electrons. The Morgan fingerprint density at radius 2 is 2.19 bits per heavy atom. The molecular formula is C13H14O3. The topological polar surface area (TPSA) is 42.6 Å². The zero-order valence-electron chi connectivity index (χ0n) is 9.36. The number of aliphatic hydroxyl groups is 1. The third-order valence-electron chi connectivity index (χ3n) is 2.35. The average Bonchev–Trinajstić information content (AvgIpc) is 2.67. The van der Waals surface area contributed by atoms with E-state index in [2.05, 4.69) is 0 Å². The van der Waals surface area contributed by atoms with Crippen LogP contribution in [-0.4, -0.2) is 18.8 Å². The molecule has 0 fully saturated rings. The number of furan rings is 1. The molecule has 1 aromatic carbocycles. The Hall–Kier alpha value is -1.74. The monoisotopic (exact) mass is 218 g/mol. The molecule has 2 aromatic rings. The van der Waals surface area contributed by atoms with Gasteiger partial charge in [0.1, 0.15) is 5.76 Å². The van der Waals surface area contributed by atoms with E-state index >= 15 is 0 Å². The normalized spacial score (nSPS) is 11.4. The number of aryl methyl sites for hydroxylation is 1. The molecule has 0 saturated heterocycles. The summed E-state index contributed by atoms with van der Waals surface area (Å²) in [6.07, 6.45) is 3.38. The molecule has 0 atom stereocenters. The Bertz CT molecular complexity index is 523. The zero-order valence-corrected chi connectivity index (χ0v) is 9.36. The van der Waals surface area contributed by atoms with Crippen molar-refractivity contribution in [2.75, 3.05) is 13.7 Å². The van der Waals surface area contributed by atoms with Crippen LogP contribution in [0.15, 0.2) is 28.7 Å². The Morgan fingerprint density at radius 1 is 1.38 bits per heavy atom. The molecule has 1 heterocycles. The van der Waals surface area contributed by atoms with Crippen molar-refractivity contribution in [3.8, 4) is 5.75 Å². The number of methoxy groups -OCH3 is 1. The van der Waals surface area contributed by atoms with Crippen molar-refractivity contribution in [1.82, 2.24) is 0 Å². The quantitative estimate of drug-likeness (QED) is 0.861. The SMILES string of the molecule is COc1cc(C)cc2cc(/C=C/CO)oc12. The minimum atomic E-state index is 0.00715. The summed E-state index contributed by atoms with van der Waals surface area (Å²) < 4.78 is 10.9. The molecule has 0 saturated carbocycles. The van der Waals surface area contributed by atoms with Gasteiger partial charge in [-0.2, -0.15) is 0 Å². The van der Waals surface area contributed by atoms with Crippen molar-refractivity contribution < 1.29 is 14.3 Å². The Balaban J connectivity index is 2.56. The molecule has 0 aliphatic carbocycles. The number of rotatable bonds is 3. The summed E-state index contributed by atoms with van der Waals surface area (Å²) in [6.45, 7) is 2.02. The van der Waals surface area contributed by atoms with Gasteiger partial charge in [-0.1, -0.05) is 6.08 Å². The van der Waals surface area contributed by atoms with Crippen LogP contribution in [0, 0.1) is 6.92 Å². The first-order chi connectivity index (χ1) is 7.74. The number of hydrogen-bond donors (Lipinski definition) is 1. The first-order valence-electron chi connectivity index (χ1n) is 5.10. The van der Waals surface area contributed by atoms with Gasteiger partial charge in [0.15, 0.2) is 11.3 Å². The zero-order chi connectivity index (χ0) is 11.5. The molecule has 16 heavy (non-hydrogen) atoms. The molecule has 2 rings (SSSR count). The third kappa shape index (κ3) is 1.95. The van der Waals surface area contributed by atoms with Crippen LogP contribution < -0.4 is 4.74 Å². The van der Waals surface area contributed by atoms with Gasteiger partial charge in [0.25, 0.3) is 0 Å². The second-order valence-electron chi connectivity index (χ2n) is 3.62. The summed E-state index contributed by atoms with van der Waals surface area (Å²) in [5, 5.41) is 9.70. The van der Waals surface area contributed by atoms with Crippen LogP contribution in [0.5, 0.6) is 5.75 Å². The number of benzene rings is 1. The highest BCUT2D eigenvalue weighted by Gasteiger charge is 2.08. The molecule has 0 aliphatic heterocycles. The fraction of sp³-hybridized carbons (Fsp3) is 0.231. The highest BCUT2D eigenvalue weighted by Crippen LogP contribution is 2.30. The summed E-state index contributed by atoms with van der Waals surface area (Å²) in [5.41, 5.74) is 1.87. The molecule has 0 aliphatic rings. The summed E-state index contributed by atoms with van der Waals surface area (Å²) in [6, 6.07) is 5.90. The van der Waals surface area contributed by atoms with E-state index in [0.29, 0.717) is 5.76 Å². The molecule has 3 heteroatoms. The fourth-order valence-electron chi connectivity index (χ4n) is 1.69. The van der Waals surface area contributed by atoms with E-state index in [1.54, 1.807) is 19.3 Å². The first-order valence-corrected chi connectivity index (χ1v) is 5.10. The molecule has 0 spiro atoms. The lowest BCUT2D eigenvalue weighted by Crippen LogP contribution is -1.83. The molecule has 0 bridgehead atoms. The lowest BCUT2D eigenvalue weighted by molar-refractivity contribution is 0.343. The van der Waals surface area contributed by atoms with Gasteiger partial charge in [-0.05, 0) is 36.8 Å². The lowest BCUT2D eigenvalue weighted by atomic mass is 10.1. The fourth-order valence-corrected chi connectivity index (χ4v) is 1.69. The molecular weight excluding hydrogens is 204 g/mol. The van der Waals surface area contributed by atoms with Crippen LogP contribution in [0.4, 0.5) is 0 Å². The van der Waals surface area contributed by atoms with Crippen LogP contribution >= 0.6 is 0 Å². The molecule has 0 radical (unpaired) electrons. The third-order valence-corrected chi connectivity index (χ3v) is 2.35. The predicted octanol–water partition coefficient (Wildman–Crippen LogP) is 2.76. The smallest absolute Gasteiger partial charge is 0.176 e. The second kappa shape index (κ2) is 4.41. The van der Waals surface area contributed by atoms with Gasteiger partial charge in [-0.15, -0.1) is 0 Å². The predicted molar refractivity (Wildman–Crippen MR) is 63.6 cm³/mol. The van der Waals surface area contributed by atoms with Crippen molar-refractivity contribution in [3.63, 3.8) is 0 Å². The highest BCUT2D eigenvalue weighted by atomic mass is 16.5. The number of ether oxygens (including phenoxy) is 1. The van der Waals surface area contributed by atoms with Crippen LogP contribution in [-0.2, 0) is 0 Å². The standard InChI is InChI=1S/C13H14O3/c1-9-6-10-8-11(4-3-5-14)16-13(10)12(7-9)15-2/h3-4,6-8,14H,5H2,1-2H3/b4-3+. The molecule has 0 unspecified atom stereocenters. The second-order valence-corrected chi connectivity index (χ2v) is 3.62. The van der Waals surface area contributed by atoms with Crippen LogP contribution in [0.3, 0.4) is 0 Å². The van der Waals surface area contributed by atoms with Crippen LogP contribution in [0.2, 0.25) is 0 Å². The largest absolute Gasteiger partial charge is 0.493 e. The van der Waals surface area contributed by atoms with Crippen molar-refractivity contribution in [2.45, 2.75) is 6.92 Å².